The fourth-order valence-electron chi connectivity index (χ4n) is 1.20. The second kappa shape index (κ2) is 9.67. The van der Waals surface area contributed by atoms with Gasteiger partial charge in [0.15, 0.2) is 6.04 Å². The first-order chi connectivity index (χ1) is 8.49. The summed E-state index contributed by atoms with van der Waals surface area (Å²) in [4.78, 5) is 22.0. The highest BCUT2D eigenvalue weighted by molar-refractivity contribution is 5.82. The van der Waals surface area contributed by atoms with Gasteiger partial charge in [0.05, 0.1) is 6.10 Å². The van der Waals surface area contributed by atoms with Crippen LogP contribution in [0.4, 0.5) is 4.79 Å². The third kappa shape index (κ3) is 7.86. The van der Waals surface area contributed by atoms with Crippen LogP contribution in [0.15, 0.2) is 0 Å². The van der Waals surface area contributed by atoms with E-state index in [0.717, 1.165) is 6.42 Å². The predicted molar refractivity (Wildman–Crippen MR) is 65.4 cm³/mol. The molecule has 0 aromatic rings. The molecule has 0 aliphatic rings. The van der Waals surface area contributed by atoms with Gasteiger partial charge in [0.25, 0.3) is 0 Å². The van der Waals surface area contributed by atoms with Gasteiger partial charge in [0, 0.05) is 19.8 Å². The van der Waals surface area contributed by atoms with Crippen LogP contribution in [0.25, 0.3) is 0 Å². The van der Waals surface area contributed by atoms with E-state index in [2.05, 4.69) is 10.6 Å². The number of carboxylic acid groups (broad SMARTS) is 1. The lowest BCUT2D eigenvalue weighted by Crippen LogP contribution is -2.51. The predicted octanol–water partition coefficient (Wildman–Crippen LogP) is -0.0637. The van der Waals surface area contributed by atoms with Crippen LogP contribution in [0.2, 0.25) is 0 Å². The van der Waals surface area contributed by atoms with Crippen LogP contribution in [0, 0.1) is 0 Å². The Morgan fingerprint density at radius 3 is 2.50 bits per heavy atom. The zero-order valence-electron chi connectivity index (χ0n) is 10.8. The first-order valence-electron chi connectivity index (χ1n) is 6.02. The van der Waals surface area contributed by atoms with Crippen LogP contribution >= 0.6 is 0 Å². The van der Waals surface area contributed by atoms with E-state index >= 15 is 0 Å². The molecule has 4 N–H and O–H groups in total. The summed E-state index contributed by atoms with van der Waals surface area (Å²) < 4.78 is 5.22. The number of hydrogen-bond acceptors (Lipinski definition) is 4. The summed E-state index contributed by atoms with van der Waals surface area (Å²) in [5.74, 6) is -1.27. The Balaban J connectivity index is 3.72. The molecule has 2 amide bonds. The lowest BCUT2D eigenvalue weighted by molar-refractivity contribution is -0.141. The highest BCUT2D eigenvalue weighted by Gasteiger charge is 2.24. The SMILES string of the molecule is CCCOCCCNC(=O)N[C@H](C(=O)O)[C@@H](C)O. The van der Waals surface area contributed by atoms with Crippen molar-refractivity contribution in [3.63, 3.8) is 0 Å². The second-order valence-corrected chi connectivity index (χ2v) is 3.92. The number of aliphatic hydroxyl groups is 1. The largest absolute Gasteiger partial charge is 0.480 e. The molecule has 0 saturated carbocycles. The summed E-state index contributed by atoms with van der Waals surface area (Å²) in [6.45, 7) is 4.94. The Bertz CT molecular complexity index is 258. The molecule has 0 aliphatic carbocycles. The lowest BCUT2D eigenvalue weighted by atomic mass is 10.2. The van der Waals surface area contributed by atoms with Crippen molar-refractivity contribution in [1.29, 1.82) is 0 Å². The topological polar surface area (TPSA) is 108 Å². The zero-order chi connectivity index (χ0) is 14.0. The van der Waals surface area contributed by atoms with Gasteiger partial charge in [-0.15, -0.1) is 0 Å². The first kappa shape index (κ1) is 16.7. The molecule has 0 radical (unpaired) electrons. The van der Waals surface area contributed by atoms with E-state index in [-0.39, 0.29) is 0 Å². The third-order valence-electron chi connectivity index (χ3n) is 2.13. The summed E-state index contributed by atoms with van der Waals surface area (Å²) in [5, 5.41) is 22.6. The Kier molecular flexibility index (Phi) is 8.95. The van der Waals surface area contributed by atoms with Crippen LogP contribution in [-0.4, -0.2) is 54.1 Å². The van der Waals surface area contributed by atoms with Crippen molar-refractivity contribution in [3.8, 4) is 0 Å². The molecule has 0 aromatic heterocycles. The quantitative estimate of drug-likeness (QED) is 0.435. The molecule has 0 aliphatic heterocycles. The maximum absolute atomic E-state index is 11.3. The average Bonchev–Trinajstić information content (AvgIpc) is 2.29. The van der Waals surface area contributed by atoms with Gasteiger partial charge in [0.2, 0.25) is 0 Å². The van der Waals surface area contributed by atoms with E-state index < -0.39 is 24.1 Å². The number of carbonyl (C=O) groups is 2. The van der Waals surface area contributed by atoms with E-state index in [1.165, 1.54) is 6.92 Å². The summed E-state index contributed by atoms with van der Waals surface area (Å²) in [6.07, 6.45) is 0.448. The summed E-state index contributed by atoms with van der Waals surface area (Å²) in [5.41, 5.74) is 0. The number of carboxylic acids is 1. The monoisotopic (exact) mass is 262 g/mol. The smallest absolute Gasteiger partial charge is 0.328 e. The third-order valence-corrected chi connectivity index (χ3v) is 2.13. The number of carbonyl (C=O) groups excluding carboxylic acids is 1. The molecule has 0 spiro atoms. The molecule has 0 bridgehead atoms. The van der Waals surface area contributed by atoms with Gasteiger partial charge in [-0.25, -0.2) is 9.59 Å². The number of hydrogen-bond donors (Lipinski definition) is 4. The van der Waals surface area contributed by atoms with Gasteiger partial charge in [-0.2, -0.15) is 0 Å². The molecule has 0 unspecified atom stereocenters. The average molecular weight is 262 g/mol. The minimum atomic E-state index is -1.30. The normalized spacial score (nSPS) is 13.7. The molecular weight excluding hydrogens is 240 g/mol. The van der Waals surface area contributed by atoms with Crippen molar-refractivity contribution < 1.29 is 24.5 Å². The van der Waals surface area contributed by atoms with Gasteiger partial charge in [-0.3, -0.25) is 0 Å². The Morgan fingerprint density at radius 1 is 1.33 bits per heavy atom. The van der Waals surface area contributed by atoms with Gasteiger partial charge < -0.3 is 25.6 Å². The highest BCUT2D eigenvalue weighted by atomic mass is 16.5. The van der Waals surface area contributed by atoms with Crippen molar-refractivity contribution in [3.05, 3.63) is 0 Å². The summed E-state index contributed by atoms with van der Waals surface area (Å²) in [7, 11) is 0. The second-order valence-electron chi connectivity index (χ2n) is 3.92. The fourth-order valence-corrected chi connectivity index (χ4v) is 1.20. The summed E-state index contributed by atoms with van der Waals surface area (Å²) in [6, 6.07) is -1.92. The van der Waals surface area contributed by atoms with Crippen LogP contribution in [-0.2, 0) is 9.53 Å². The molecule has 7 nitrogen and oxygen atoms in total. The van der Waals surface area contributed by atoms with Crippen molar-refractivity contribution in [2.24, 2.45) is 0 Å². The lowest BCUT2D eigenvalue weighted by Gasteiger charge is -2.17. The number of rotatable bonds is 9. The minimum Gasteiger partial charge on any atom is -0.480 e. The molecule has 0 saturated heterocycles. The van der Waals surface area contributed by atoms with Crippen molar-refractivity contribution >= 4 is 12.0 Å². The van der Waals surface area contributed by atoms with Gasteiger partial charge in [-0.1, -0.05) is 6.92 Å². The van der Waals surface area contributed by atoms with E-state index in [9.17, 15) is 9.59 Å². The zero-order valence-corrected chi connectivity index (χ0v) is 10.8. The van der Waals surface area contributed by atoms with Crippen LogP contribution < -0.4 is 10.6 Å². The first-order valence-corrected chi connectivity index (χ1v) is 6.02. The molecular formula is C11H22N2O5. The standard InChI is InChI=1S/C11H22N2O5/c1-3-6-18-7-4-5-12-11(17)13-9(8(2)14)10(15)16/h8-9,14H,3-7H2,1-2H3,(H,15,16)(H2,12,13,17)/t8-,9+/m1/s1. The number of nitrogens with one attached hydrogen (secondary N) is 2. The van der Waals surface area contributed by atoms with Crippen LogP contribution in [0.1, 0.15) is 26.7 Å². The molecule has 106 valence electrons. The molecule has 0 heterocycles. The maximum Gasteiger partial charge on any atom is 0.328 e. The number of urea groups is 1. The van der Waals surface area contributed by atoms with Crippen molar-refractivity contribution in [1.82, 2.24) is 10.6 Å². The number of aliphatic carboxylic acids is 1. The summed E-state index contributed by atoms with van der Waals surface area (Å²) >= 11 is 0. The molecule has 18 heavy (non-hydrogen) atoms. The van der Waals surface area contributed by atoms with Gasteiger partial charge in [-0.05, 0) is 19.8 Å². The van der Waals surface area contributed by atoms with E-state index in [0.29, 0.717) is 26.2 Å². The number of ether oxygens (including phenoxy) is 1. The van der Waals surface area contributed by atoms with Crippen molar-refractivity contribution in [2.45, 2.75) is 38.8 Å². The molecule has 7 heteroatoms. The highest BCUT2D eigenvalue weighted by Crippen LogP contribution is 1.92. The van der Waals surface area contributed by atoms with Gasteiger partial charge >= 0.3 is 12.0 Å². The minimum absolute atomic E-state index is 0.391. The number of aliphatic hydroxyl groups excluding tert-OH is 1. The Labute approximate surface area is 107 Å². The van der Waals surface area contributed by atoms with E-state index in [1.807, 2.05) is 6.92 Å². The maximum atomic E-state index is 11.3. The van der Waals surface area contributed by atoms with Crippen LogP contribution in [0.5, 0.6) is 0 Å². The van der Waals surface area contributed by atoms with E-state index in [4.69, 9.17) is 14.9 Å². The van der Waals surface area contributed by atoms with Crippen molar-refractivity contribution in [2.75, 3.05) is 19.8 Å². The molecule has 0 fully saturated rings. The molecule has 2 atom stereocenters. The number of amides is 2. The Hall–Kier alpha value is -1.34. The van der Waals surface area contributed by atoms with Crippen LogP contribution in [0.3, 0.4) is 0 Å². The van der Waals surface area contributed by atoms with E-state index in [1.54, 1.807) is 0 Å². The Morgan fingerprint density at radius 2 is 2.00 bits per heavy atom. The fraction of sp³-hybridized carbons (Fsp3) is 0.818. The molecule has 0 rings (SSSR count). The molecule has 0 aromatic carbocycles. The van der Waals surface area contributed by atoms with Gasteiger partial charge in [0.1, 0.15) is 0 Å².